The van der Waals surface area contributed by atoms with Crippen LogP contribution in [-0.4, -0.2) is 21.7 Å². The van der Waals surface area contributed by atoms with Crippen molar-refractivity contribution in [2.24, 2.45) is 0 Å². The normalized spacial score (nSPS) is 24.1. The Bertz CT molecular complexity index is 456. The van der Waals surface area contributed by atoms with Gasteiger partial charge in [-0.1, -0.05) is 0 Å². The van der Waals surface area contributed by atoms with E-state index in [1.807, 2.05) is 13.8 Å². The molecular formula is C13H18FNO2S. The fraction of sp³-hybridized carbons (Fsp3) is 0.538. The van der Waals surface area contributed by atoms with Gasteiger partial charge in [-0.15, -0.1) is 0 Å². The predicted molar refractivity (Wildman–Crippen MR) is 70.3 cm³/mol. The maximum Gasteiger partial charge on any atom is 0.126 e. The number of nitrogens with two attached hydrogens (primary N) is 1. The summed E-state index contributed by atoms with van der Waals surface area (Å²) >= 11 is 0. The highest BCUT2D eigenvalue weighted by Gasteiger charge is 2.32. The Balaban J connectivity index is 2.04. The molecule has 5 heteroatoms. The molecule has 1 aliphatic rings. The predicted octanol–water partition coefficient (Wildman–Crippen LogP) is 2.47. The van der Waals surface area contributed by atoms with Crippen LogP contribution < -0.4 is 5.73 Å². The average Bonchev–Trinajstić information content (AvgIpc) is 2.56. The second kappa shape index (κ2) is 4.97. The monoisotopic (exact) mass is 271 g/mol. The second-order valence-electron chi connectivity index (χ2n) is 5.27. The topological polar surface area (TPSA) is 52.3 Å². The van der Waals surface area contributed by atoms with Gasteiger partial charge < -0.3 is 10.5 Å². The molecule has 1 aromatic carbocycles. The number of rotatable bonds is 3. The molecule has 2 unspecified atom stereocenters. The summed E-state index contributed by atoms with van der Waals surface area (Å²) in [6.07, 6.45) is 1.83. The van der Waals surface area contributed by atoms with E-state index in [9.17, 15) is 8.60 Å². The van der Waals surface area contributed by atoms with E-state index in [1.165, 1.54) is 12.1 Å². The first-order chi connectivity index (χ1) is 8.35. The molecule has 0 bridgehead atoms. The molecule has 0 radical (unpaired) electrons. The van der Waals surface area contributed by atoms with Crippen LogP contribution in [0.2, 0.25) is 0 Å². The van der Waals surface area contributed by atoms with Gasteiger partial charge in [0.25, 0.3) is 0 Å². The number of halogens is 1. The van der Waals surface area contributed by atoms with Crippen LogP contribution in [0, 0.1) is 5.82 Å². The van der Waals surface area contributed by atoms with Crippen LogP contribution in [0.15, 0.2) is 23.1 Å². The van der Waals surface area contributed by atoms with Crippen LogP contribution in [0.25, 0.3) is 0 Å². The lowest BCUT2D eigenvalue weighted by Crippen LogP contribution is -2.23. The highest BCUT2D eigenvalue weighted by atomic mass is 32.2. The van der Waals surface area contributed by atoms with Gasteiger partial charge in [0, 0.05) is 10.6 Å². The second-order valence-corrected chi connectivity index (χ2v) is 6.77. The van der Waals surface area contributed by atoms with Crippen LogP contribution in [-0.2, 0) is 15.5 Å². The van der Waals surface area contributed by atoms with Gasteiger partial charge in [-0.3, -0.25) is 4.21 Å². The Labute approximate surface area is 109 Å². The van der Waals surface area contributed by atoms with Crippen molar-refractivity contribution in [3.05, 3.63) is 24.0 Å². The van der Waals surface area contributed by atoms with Gasteiger partial charge in [0.2, 0.25) is 0 Å². The molecule has 0 amide bonds. The number of hydrogen-bond donors (Lipinski definition) is 1. The molecule has 2 rings (SSSR count). The molecule has 0 aliphatic carbocycles. The van der Waals surface area contributed by atoms with Crippen molar-refractivity contribution in [2.75, 3.05) is 11.5 Å². The molecule has 0 saturated carbocycles. The maximum absolute atomic E-state index is 13.2. The average molecular weight is 271 g/mol. The summed E-state index contributed by atoms with van der Waals surface area (Å²) in [5.74, 6) is -0.0576. The Hall–Kier alpha value is -0.940. The Morgan fingerprint density at radius 2 is 2.22 bits per heavy atom. The van der Waals surface area contributed by atoms with Crippen molar-refractivity contribution < 1.29 is 13.3 Å². The van der Waals surface area contributed by atoms with E-state index < -0.39 is 16.6 Å². The lowest BCUT2D eigenvalue weighted by molar-refractivity contribution is -0.00498. The zero-order valence-corrected chi connectivity index (χ0v) is 11.4. The third kappa shape index (κ3) is 3.29. The van der Waals surface area contributed by atoms with Crippen LogP contribution in [0.1, 0.15) is 26.7 Å². The summed E-state index contributed by atoms with van der Waals surface area (Å²) in [6.45, 7) is 4.05. The molecule has 18 heavy (non-hydrogen) atoms. The highest BCUT2D eigenvalue weighted by molar-refractivity contribution is 7.85. The summed E-state index contributed by atoms with van der Waals surface area (Å²) < 4.78 is 31.1. The third-order valence-corrected chi connectivity index (χ3v) is 4.48. The molecule has 1 saturated heterocycles. The van der Waals surface area contributed by atoms with E-state index in [1.54, 1.807) is 6.07 Å². The van der Waals surface area contributed by atoms with Gasteiger partial charge >= 0.3 is 0 Å². The van der Waals surface area contributed by atoms with Crippen molar-refractivity contribution in [3.63, 3.8) is 0 Å². The summed E-state index contributed by atoms with van der Waals surface area (Å²) in [7, 11) is -1.27. The lowest BCUT2D eigenvalue weighted by atomic mass is 10.1. The first kappa shape index (κ1) is 13.5. The minimum absolute atomic E-state index is 0.0228. The minimum Gasteiger partial charge on any atom is -0.399 e. The Kier molecular flexibility index (Phi) is 3.73. The van der Waals surface area contributed by atoms with Gasteiger partial charge in [-0.25, -0.2) is 4.39 Å². The number of anilines is 1. The fourth-order valence-electron chi connectivity index (χ4n) is 2.18. The SMILES string of the molecule is CC1(C)CCC(CS(=O)c2cc(N)cc(F)c2)O1. The number of nitrogen functional groups attached to an aromatic ring is 1. The minimum atomic E-state index is -1.27. The van der Waals surface area contributed by atoms with Crippen LogP contribution in [0.3, 0.4) is 0 Å². The molecule has 1 aromatic rings. The van der Waals surface area contributed by atoms with E-state index in [0.29, 0.717) is 16.3 Å². The van der Waals surface area contributed by atoms with Crippen molar-refractivity contribution in [2.45, 2.75) is 43.3 Å². The van der Waals surface area contributed by atoms with E-state index >= 15 is 0 Å². The first-order valence-electron chi connectivity index (χ1n) is 5.98. The van der Waals surface area contributed by atoms with E-state index in [0.717, 1.165) is 12.8 Å². The number of ether oxygens (including phenoxy) is 1. The van der Waals surface area contributed by atoms with Crippen molar-refractivity contribution in [1.29, 1.82) is 0 Å². The molecule has 0 aromatic heterocycles. The quantitative estimate of drug-likeness (QED) is 0.859. The zero-order valence-electron chi connectivity index (χ0n) is 10.6. The summed E-state index contributed by atoms with van der Waals surface area (Å²) in [4.78, 5) is 0.431. The molecule has 1 fully saturated rings. The van der Waals surface area contributed by atoms with Gasteiger partial charge in [-0.2, -0.15) is 0 Å². The smallest absolute Gasteiger partial charge is 0.126 e. The van der Waals surface area contributed by atoms with E-state index in [4.69, 9.17) is 10.5 Å². The molecule has 1 aliphatic heterocycles. The molecule has 1 heterocycles. The van der Waals surface area contributed by atoms with Crippen LogP contribution in [0.4, 0.5) is 10.1 Å². The number of hydrogen-bond acceptors (Lipinski definition) is 3. The first-order valence-corrected chi connectivity index (χ1v) is 7.30. The highest BCUT2D eigenvalue weighted by Crippen LogP contribution is 2.30. The van der Waals surface area contributed by atoms with Gasteiger partial charge in [0.05, 0.1) is 28.3 Å². The maximum atomic E-state index is 13.2. The van der Waals surface area contributed by atoms with Crippen LogP contribution in [0.5, 0.6) is 0 Å². The van der Waals surface area contributed by atoms with Crippen molar-refractivity contribution in [1.82, 2.24) is 0 Å². The Morgan fingerprint density at radius 3 is 2.78 bits per heavy atom. The fourth-order valence-corrected chi connectivity index (χ4v) is 3.45. The molecule has 0 spiro atoms. The summed E-state index contributed by atoms with van der Waals surface area (Å²) in [6, 6.07) is 4.04. The Morgan fingerprint density at radius 1 is 1.50 bits per heavy atom. The van der Waals surface area contributed by atoms with Gasteiger partial charge in [-0.05, 0) is 44.9 Å². The molecule has 3 nitrogen and oxygen atoms in total. The molecule has 2 atom stereocenters. The molecule has 100 valence electrons. The van der Waals surface area contributed by atoms with Gasteiger partial charge in [0.15, 0.2) is 0 Å². The molecule has 2 N–H and O–H groups in total. The third-order valence-electron chi connectivity index (χ3n) is 3.05. The van der Waals surface area contributed by atoms with Gasteiger partial charge in [0.1, 0.15) is 5.82 Å². The molecular weight excluding hydrogens is 253 g/mol. The van der Waals surface area contributed by atoms with E-state index in [2.05, 4.69) is 0 Å². The zero-order chi connectivity index (χ0) is 13.3. The standard InChI is InChI=1S/C13H18FNO2S/c1-13(2)4-3-11(17-13)8-18(16)12-6-9(14)5-10(15)7-12/h5-7,11H,3-4,8,15H2,1-2H3. The summed E-state index contributed by atoms with van der Waals surface area (Å²) in [5.41, 5.74) is 5.70. The number of benzene rings is 1. The van der Waals surface area contributed by atoms with E-state index in [-0.39, 0.29) is 11.7 Å². The van der Waals surface area contributed by atoms with Crippen LogP contribution >= 0.6 is 0 Å². The summed E-state index contributed by atoms with van der Waals surface area (Å²) in [5, 5.41) is 0. The van der Waals surface area contributed by atoms with Crippen molar-refractivity contribution >= 4 is 16.5 Å². The lowest BCUT2D eigenvalue weighted by Gasteiger charge is -2.19. The largest absolute Gasteiger partial charge is 0.399 e. The van der Waals surface area contributed by atoms with Crippen molar-refractivity contribution in [3.8, 4) is 0 Å².